The molecule has 0 saturated carbocycles. The number of nitrogens with zero attached hydrogens (tertiary/aromatic N) is 4. The van der Waals surface area contributed by atoms with E-state index in [9.17, 15) is 8.42 Å². The molecule has 0 aliphatic carbocycles. The zero-order valence-corrected chi connectivity index (χ0v) is 15.4. The molecule has 1 aromatic heterocycles. The van der Waals surface area contributed by atoms with Crippen LogP contribution >= 0.6 is 0 Å². The fourth-order valence-electron chi connectivity index (χ4n) is 2.59. The van der Waals surface area contributed by atoms with Crippen LogP contribution in [0.25, 0.3) is 0 Å². The van der Waals surface area contributed by atoms with Gasteiger partial charge in [-0.05, 0) is 13.3 Å². The van der Waals surface area contributed by atoms with Crippen LogP contribution in [0.15, 0.2) is 17.4 Å². The predicted molar refractivity (Wildman–Crippen MR) is 93.8 cm³/mol. The quantitative estimate of drug-likeness (QED) is 0.444. The third-order valence-electron chi connectivity index (χ3n) is 3.73. The Morgan fingerprint density at radius 3 is 2.96 bits per heavy atom. The highest BCUT2D eigenvalue weighted by atomic mass is 32.2. The molecule has 0 radical (unpaired) electrons. The zero-order chi connectivity index (χ0) is 17.6. The number of guanidine groups is 1. The van der Waals surface area contributed by atoms with Crippen molar-refractivity contribution in [3.05, 3.63) is 18.0 Å². The molecule has 1 aliphatic rings. The largest absolute Gasteiger partial charge is 0.370 e. The van der Waals surface area contributed by atoms with E-state index in [4.69, 9.17) is 4.74 Å². The molecule has 1 atom stereocenters. The highest BCUT2D eigenvalue weighted by Crippen LogP contribution is 2.21. The van der Waals surface area contributed by atoms with E-state index in [0.717, 1.165) is 24.6 Å². The van der Waals surface area contributed by atoms with Gasteiger partial charge in [-0.25, -0.2) is 8.42 Å². The van der Waals surface area contributed by atoms with Crippen molar-refractivity contribution in [2.45, 2.75) is 19.4 Å². The number of hydrogen-bond acceptors (Lipinski definition) is 5. The molecule has 1 N–H and O–H groups in total. The van der Waals surface area contributed by atoms with Crippen LogP contribution in [0.4, 0.5) is 0 Å². The van der Waals surface area contributed by atoms with Crippen LogP contribution < -0.4 is 5.32 Å². The lowest BCUT2D eigenvalue weighted by atomic mass is 10.1. The summed E-state index contributed by atoms with van der Waals surface area (Å²) in [6.07, 6.45) is 5.54. The van der Waals surface area contributed by atoms with Crippen molar-refractivity contribution in [3.8, 4) is 0 Å². The van der Waals surface area contributed by atoms with Gasteiger partial charge in [-0.3, -0.25) is 9.67 Å². The SMILES string of the molecule is CCNC(=NCCCS(C)(=O)=O)N1CCOC(c2cnn(C)c2)C1. The van der Waals surface area contributed by atoms with Crippen LogP contribution in [0.1, 0.15) is 25.0 Å². The molecule has 1 aromatic rings. The summed E-state index contributed by atoms with van der Waals surface area (Å²) in [5.41, 5.74) is 1.05. The second-order valence-corrected chi connectivity index (χ2v) is 8.23. The first-order valence-corrected chi connectivity index (χ1v) is 10.3. The van der Waals surface area contributed by atoms with Gasteiger partial charge in [-0.15, -0.1) is 0 Å². The zero-order valence-electron chi connectivity index (χ0n) is 14.6. The molecule has 0 amide bonds. The third-order valence-corrected chi connectivity index (χ3v) is 4.76. The Hall–Kier alpha value is -1.61. The summed E-state index contributed by atoms with van der Waals surface area (Å²) in [6, 6.07) is 0. The lowest BCUT2D eigenvalue weighted by Crippen LogP contribution is -2.48. The van der Waals surface area contributed by atoms with Crippen molar-refractivity contribution in [2.75, 3.05) is 44.8 Å². The number of hydrogen-bond donors (Lipinski definition) is 1. The summed E-state index contributed by atoms with van der Waals surface area (Å²) in [6.45, 7) is 5.35. The van der Waals surface area contributed by atoms with Crippen molar-refractivity contribution in [1.29, 1.82) is 0 Å². The molecule has 1 aliphatic heterocycles. The van der Waals surface area contributed by atoms with Crippen molar-refractivity contribution in [3.63, 3.8) is 0 Å². The van der Waals surface area contributed by atoms with Crippen molar-refractivity contribution >= 4 is 15.8 Å². The normalized spacial score (nSPS) is 19.5. The van der Waals surface area contributed by atoms with E-state index in [1.165, 1.54) is 6.26 Å². The van der Waals surface area contributed by atoms with E-state index in [1.807, 2.05) is 26.4 Å². The smallest absolute Gasteiger partial charge is 0.194 e. The number of aromatic nitrogens is 2. The fraction of sp³-hybridized carbons (Fsp3) is 0.733. The molecule has 1 unspecified atom stereocenters. The van der Waals surface area contributed by atoms with E-state index in [2.05, 4.69) is 20.3 Å². The monoisotopic (exact) mass is 357 g/mol. The predicted octanol–water partition coefficient (Wildman–Crippen LogP) is 0.194. The number of morpholine rings is 1. The molecule has 2 heterocycles. The topological polar surface area (TPSA) is 88.8 Å². The van der Waals surface area contributed by atoms with Crippen molar-refractivity contribution < 1.29 is 13.2 Å². The second-order valence-electron chi connectivity index (χ2n) is 5.97. The van der Waals surface area contributed by atoms with Gasteiger partial charge in [0.1, 0.15) is 15.9 Å². The van der Waals surface area contributed by atoms with Gasteiger partial charge < -0.3 is 15.0 Å². The lowest BCUT2D eigenvalue weighted by molar-refractivity contribution is -0.00803. The Bertz CT molecular complexity index is 656. The van der Waals surface area contributed by atoms with Crippen molar-refractivity contribution in [2.24, 2.45) is 12.0 Å². The van der Waals surface area contributed by atoms with E-state index in [1.54, 1.807) is 4.68 Å². The van der Waals surface area contributed by atoms with Crippen LogP contribution in [-0.2, 0) is 21.6 Å². The molecule has 1 fully saturated rings. The van der Waals surface area contributed by atoms with Crippen molar-refractivity contribution in [1.82, 2.24) is 20.0 Å². The van der Waals surface area contributed by atoms with Crippen LogP contribution in [0.2, 0.25) is 0 Å². The summed E-state index contributed by atoms with van der Waals surface area (Å²) >= 11 is 0. The molecule has 2 rings (SSSR count). The minimum Gasteiger partial charge on any atom is -0.370 e. The fourth-order valence-corrected chi connectivity index (χ4v) is 3.24. The second kappa shape index (κ2) is 8.48. The molecular weight excluding hydrogens is 330 g/mol. The maximum absolute atomic E-state index is 11.2. The lowest BCUT2D eigenvalue weighted by Gasteiger charge is -2.34. The summed E-state index contributed by atoms with van der Waals surface area (Å²) in [5.74, 6) is 0.973. The van der Waals surface area contributed by atoms with Crippen LogP contribution in [0.3, 0.4) is 0 Å². The number of ether oxygens (including phenoxy) is 1. The highest BCUT2D eigenvalue weighted by Gasteiger charge is 2.25. The minimum atomic E-state index is -2.93. The van der Waals surface area contributed by atoms with Crippen LogP contribution in [0, 0.1) is 0 Å². The Kier molecular flexibility index (Phi) is 6.61. The third kappa shape index (κ3) is 5.79. The Labute approximate surface area is 143 Å². The molecular formula is C15H27N5O3S. The summed E-state index contributed by atoms with van der Waals surface area (Å²) in [5, 5.41) is 7.47. The average Bonchev–Trinajstić information content (AvgIpc) is 2.96. The Morgan fingerprint density at radius 1 is 1.54 bits per heavy atom. The molecule has 8 nitrogen and oxygen atoms in total. The van der Waals surface area contributed by atoms with Gasteiger partial charge >= 0.3 is 0 Å². The number of nitrogens with one attached hydrogen (secondary N) is 1. The summed E-state index contributed by atoms with van der Waals surface area (Å²) in [4.78, 5) is 6.72. The number of rotatable bonds is 6. The molecule has 1 saturated heterocycles. The Balaban J connectivity index is 1.98. The number of sulfone groups is 1. The van der Waals surface area contributed by atoms with Gasteiger partial charge in [-0.2, -0.15) is 5.10 Å². The van der Waals surface area contributed by atoms with E-state index >= 15 is 0 Å². The van der Waals surface area contributed by atoms with Gasteiger partial charge in [0.15, 0.2) is 5.96 Å². The molecule has 136 valence electrons. The highest BCUT2D eigenvalue weighted by molar-refractivity contribution is 7.90. The van der Waals surface area contributed by atoms with E-state index in [0.29, 0.717) is 26.1 Å². The summed E-state index contributed by atoms with van der Waals surface area (Å²) in [7, 11) is -1.05. The van der Waals surface area contributed by atoms with Gasteiger partial charge in [0.25, 0.3) is 0 Å². The van der Waals surface area contributed by atoms with E-state index in [-0.39, 0.29) is 11.9 Å². The van der Waals surface area contributed by atoms with Gasteiger partial charge in [-0.1, -0.05) is 0 Å². The molecule has 24 heavy (non-hydrogen) atoms. The van der Waals surface area contributed by atoms with Crippen LogP contribution in [0.5, 0.6) is 0 Å². The molecule has 9 heteroatoms. The average molecular weight is 357 g/mol. The van der Waals surface area contributed by atoms with Gasteiger partial charge in [0, 0.05) is 44.7 Å². The first-order valence-electron chi connectivity index (χ1n) is 8.20. The first kappa shape index (κ1) is 18.7. The van der Waals surface area contributed by atoms with Gasteiger partial charge in [0.2, 0.25) is 0 Å². The minimum absolute atomic E-state index is 0.0349. The maximum atomic E-state index is 11.2. The number of aryl methyl sites for hydroxylation is 1. The molecule has 0 aromatic carbocycles. The first-order chi connectivity index (χ1) is 11.4. The number of aliphatic imine (C=N–C) groups is 1. The maximum Gasteiger partial charge on any atom is 0.194 e. The van der Waals surface area contributed by atoms with Gasteiger partial charge in [0.05, 0.1) is 25.1 Å². The summed E-state index contributed by atoms with van der Waals surface area (Å²) < 4.78 is 30.0. The van der Waals surface area contributed by atoms with E-state index < -0.39 is 9.84 Å². The molecule has 0 bridgehead atoms. The standard InChI is InChI=1S/C15H27N5O3S/c1-4-16-15(17-6-5-9-24(3,21)22)20-7-8-23-14(12-20)13-10-18-19(2)11-13/h10-11,14H,4-9,12H2,1-3H3,(H,16,17). The van der Waals surface area contributed by atoms with Crippen LogP contribution in [-0.4, -0.2) is 73.9 Å². The molecule has 0 spiro atoms. The Morgan fingerprint density at radius 2 is 2.33 bits per heavy atom.